The molecule has 0 aromatic heterocycles. The van der Waals surface area contributed by atoms with Crippen LogP contribution < -0.4 is 0 Å². The molecule has 0 unspecified atom stereocenters. The molecular weight excluding hydrogens is 320 g/mol. The van der Waals surface area contributed by atoms with E-state index in [0.717, 1.165) is 22.5 Å². The monoisotopic (exact) mass is 350 g/mol. The Labute approximate surface area is 159 Å². The molecule has 0 saturated heterocycles. The van der Waals surface area contributed by atoms with Gasteiger partial charge in [0.25, 0.3) is 0 Å². The summed E-state index contributed by atoms with van der Waals surface area (Å²) in [5.41, 5.74) is 8.35. The van der Waals surface area contributed by atoms with Crippen LogP contribution in [0.3, 0.4) is 0 Å². The average Bonchev–Trinajstić information content (AvgIpc) is 2.59. The summed E-state index contributed by atoms with van der Waals surface area (Å²) in [5.74, 6) is 0. The maximum atomic E-state index is 4.51. The normalized spacial score (nSPS) is 13.4. The lowest BCUT2D eigenvalue weighted by molar-refractivity contribution is 1.21. The fourth-order valence-electron chi connectivity index (χ4n) is 2.66. The number of aryl methyl sites for hydroxylation is 3. The molecule has 0 spiro atoms. The van der Waals surface area contributed by atoms with Crippen LogP contribution in [0.25, 0.3) is 5.57 Å². The first kappa shape index (κ1) is 21.1. The summed E-state index contributed by atoms with van der Waals surface area (Å²) >= 11 is 4.51. The van der Waals surface area contributed by atoms with Crippen LogP contribution in [0.2, 0.25) is 0 Å². The number of benzene rings is 1. The molecule has 0 fully saturated rings. The van der Waals surface area contributed by atoms with Crippen LogP contribution in [0.4, 0.5) is 0 Å². The third-order valence-corrected chi connectivity index (χ3v) is 4.61. The van der Waals surface area contributed by atoms with E-state index in [2.05, 4.69) is 71.7 Å². The van der Waals surface area contributed by atoms with Crippen molar-refractivity contribution in [3.8, 4) is 0 Å². The largest absolute Gasteiger partial charge is 0.144 e. The van der Waals surface area contributed by atoms with Crippen molar-refractivity contribution in [1.82, 2.24) is 0 Å². The first-order valence-corrected chi connectivity index (χ1v) is 9.14. The van der Waals surface area contributed by atoms with Crippen molar-refractivity contribution in [2.45, 2.75) is 41.0 Å². The van der Waals surface area contributed by atoms with E-state index in [0.29, 0.717) is 0 Å². The van der Waals surface area contributed by atoms with Crippen molar-refractivity contribution < 1.29 is 0 Å². The van der Waals surface area contributed by atoms with E-state index in [1.807, 2.05) is 31.2 Å². The number of rotatable bonds is 7. The number of hydrogen-bond donors (Lipinski definition) is 1. The van der Waals surface area contributed by atoms with Gasteiger partial charge in [0.15, 0.2) is 0 Å². The molecule has 1 aromatic carbocycles. The topological polar surface area (TPSA) is 0 Å². The van der Waals surface area contributed by atoms with Crippen molar-refractivity contribution in [3.05, 3.63) is 100 Å². The van der Waals surface area contributed by atoms with Gasteiger partial charge in [-0.15, -0.1) is 12.6 Å². The van der Waals surface area contributed by atoms with Gasteiger partial charge in [0.1, 0.15) is 0 Å². The van der Waals surface area contributed by atoms with Gasteiger partial charge < -0.3 is 0 Å². The molecule has 1 heteroatoms. The van der Waals surface area contributed by atoms with Gasteiger partial charge in [-0.3, -0.25) is 0 Å². The van der Waals surface area contributed by atoms with Crippen molar-refractivity contribution in [1.29, 1.82) is 0 Å². The summed E-state index contributed by atoms with van der Waals surface area (Å²) in [5, 5.41) is 0. The highest BCUT2D eigenvalue weighted by molar-refractivity contribution is 7.84. The van der Waals surface area contributed by atoms with Gasteiger partial charge >= 0.3 is 0 Å². The Morgan fingerprint density at radius 1 is 1.12 bits per heavy atom. The van der Waals surface area contributed by atoms with Crippen molar-refractivity contribution >= 4 is 18.2 Å². The summed E-state index contributed by atoms with van der Waals surface area (Å²) in [6.45, 7) is 18.8. The molecule has 132 valence electrons. The van der Waals surface area contributed by atoms with Gasteiger partial charge in [0.2, 0.25) is 0 Å². The third-order valence-electron chi connectivity index (χ3n) is 4.22. The second kappa shape index (κ2) is 10.1. The van der Waals surface area contributed by atoms with Gasteiger partial charge in [-0.2, -0.15) is 0 Å². The van der Waals surface area contributed by atoms with Gasteiger partial charge in [-0.05, 0) is 79.2 Å². The SMILES string of the molecule is C=C\C=C/C(=C\C(S)=C\C)C(=C)/C(=C\CC)c1cc(C)c(C)cc1C. The molecule has 1 aromatic rings. The van der Waals surface area contributed by atoms with Crippen LogP contribution in [-0.4, -0.2) is 0 Å². The lowest BCUT2D eigenvalue weighted by Gasteiger charge is -2.17. The predicted octanol–water partition coefficient (Wildman–Crippen LogP) is 7.46. The zero-order valence-electron chi connectivity index (χ0n) is 16.2. The zero-order valence-corrected chi connectivity index (χ0v) is 17.1. The lowest BCUT2D eigenvalue weighted by Crippen LogP contribution is -1.97. The molecule has 0 radical (unpaired) electrons. The Kier molecular flexibility index (Phi) is 8.51. The summed E-state index contributed by atoms with van der Waals surface area (Å²) in [7, 11) is 0. The highest BCUT2D eigenvalue weighted by atomic mass is 32.1. The van der Waals surface area contributed by atoms with Crippen LogP contribution >= 0.6 is 12.6 Å². The van der Waals surface area contributed by atoms with E-state index < -0.39 is 0 Å². The predicted molar refractivity (Wildman–Crippen MR) is 118 cm³/mol. The van der Waals surface area contributed by atoms with Gasteiger partial charge in [-0.1, -0.05) is 62.6 Å². The molecule has 0 amide bonds. The number of allylic oxidation sites excluding steroid dienone is 9. The summed E-state index contributed by atoms with van der Waals surface area (Å²) in [4.78, 5) is 0.914. The summed E-state index contributed by atoms with van der Waals surface area (Å²) < 4.78 is 0. The minimum absolute atomic E-state index is 0.914. The van der Waals surface area contributed by atoms with E-state index in [1.54, 1.807) is 6.08 Å². The minimum atomic E-state index is 0.914. The molecule has 0 aliphatic heterocycles. The van der Waals surface area contributed by atoms with Crippen molar-refractivity contribution in [3.63, 3.8) is 0 Å². The second-order valence-corrected chi connectivity index (χ2v) is 6.68. The first-order chi connectivity index (χ1) is 11.8. The van der Waals surface area contributed by atoms with E-state index in [4.69, 9.17) is 0 Å². The second-order valence-electron chi connectivity index (χ2n) is 6.16. The highest BCUT2D eigenvalue weighted by Gasteiger charge is 2.12. The molecule has 0 heterocycles. The van der Waals surface area contributed by atoms with Crippen molar-refractivity contribution in [2.24, 2.45) is 0 Å². The molecule has 0 bridgehead atoms. The molecule has 0 aliphatic carbocycles. The quantitative estimate of drug-likeness (QED) is 0.383. The van der Waals surface area contributed by atoms with Gasteiger partial charge in [0.05, 0.1) is 0 Å². The van der Waals surface area contributed by atoms with Crippen LogP contribution in [0.5, 0.6) is 0 Å². The maximum Gasteiger partial charge on any atom is 0.000339 e. The van der Waals surface area contributed by atoms with Crippen LogP contribution in [-0.2, 0) is 0 Å². The Balaban J connectivity index is 3.52. The van der Waals surface area contributed by atoms with E-state index in [9.17, 15) is 0 Å². The smallest absolute Gasteiger partial charge is 0.000339 e. The molecule has 25 heavy (non-hydrogen) atoms. The third kappa shape index (κ3) is 5.79. The highest BCUT2D eigenvalue weighted by Crippen LogP contribution is 2.33. The molecule has 0 aliphatic rings. The van der Waals surface area contributed by atoms with Crippen LogP contribution in [0.1, 0.15) is 42.5 Å². The molecule has 1 rings (SSSR count). The van der Waals surface area contributed by atoms with E-state index in [-0.39, 0.29) is 0 Å². The fraction of sp³-hybridized carbons (Fsp3) is 0.250. The molecule has 0 saturated carbocycles. The summed E-state index contributed by atoms with van der Waals surface area (Å²) in [6.07, 6.45) is 13.0. The van der Waals surface area contributed by atoms with Gasteiger partial charge in [0, 0.05) is 4.91 Å². The van der Waals surface area contributed by atoms with Crippen molar-refractivity contribution in [2.75, 3.05) is 0 Å². The molecule has 0 atom stereocenters. The Bertz CT molecular complexity index is 768. The molecular formula is C24H30S. The molecule has 0 N–H and O–H groups in total. The Hall–Kier alpha value is -1.99. The zero-order chi connectivity index (χ0) is 19.0. The van der Waals surface area contributed by atoms with E-state index >= 15 is 0 Å². The standard InChI is InChI=1S/C24H30S/c1-8-11-13-21(16-22(25)10-3)20(7)23(12-9-2)24-15-18(5)17(4)14-19(24)6/h8,10-16,25H,1,7,9H2,2-6H3/b13-11-,21-16+,22-10-,23-12+. The van der Waals surface area contributed by atoms with E-state index in [1.165, 1.54) is 27.8 Å². The summed E-state index contributed by atoms with van der Waals surface area (Å²) in [6, 6.07) is 4.52. The van der Waals surface area contributed by atoms with Gasteiger partial charge in [-0.25, -0.2) is 0 Å². The number of thiol groups is 1. The number of hydrogen-bond acceptors (Lipinski definition) is 1. The first-order valence-electron chi connectivity index (χ1n) is 8.69. The van der Waals surface area contributed by atoms with Crippen LogP contribution in [0.15, 0.2) is 77.8 Å². The lowest BCUT2D eigenvalue weighted by atomic mass is 9.87. The Morgan fingerprint density at radius 3 is 2.32 bits per heavy atom. The Morgan fingerprint density at radius 2 is 1.76 bits per heavy atom. The van der Waals surface area contributed by atoms with Crippen LogP contribution in [0, 0.1) is 20.8 Å². The average molecular weight is 351 g/mol. The fourth-order valence-corrected chi connectivity index (χ4v) is 2.80. The minimum Gasteiger partial charge on any atom is -0.144 e. The molecule has 0 nitrogen and oxygen atoms in total. The maximum absolute atomic E-state index is 4.51.